The molecule has 1 amide bonds. The first-order valence-corrected chi connectivity index (χ1v) is 5.91. The van der Waals surface area contributed by atoms with Gasteiger partial charge in [0, 0.05) is 5.69 Å². The van der Waals surface area contributed by atoms with E-state index in [2.05, 4.69) is 5.32 Å². The van der Waals surface area contributed by atoms with Gasteiger partial charge in [0.1, 0.15) is 0 Å². The summed E-state index contributed by atoms with van der Waals surface area (Å²) < 4.78 is 0. The predicted molar refractivity (Wildman–Crippen MR) is 73.2 cm³/mol. The maximum Gasteiger partial charge on any atom is 0.241 e. The van der Waals surface area contributed by atoms with Gasteiger partial charge in [0.15, 0.2) is 0 Å². The lowest BCUT2D eigenvalue weighted by atomic mass is 10.1. The third-order valence-electron chi connectivity index (χ3n) is 2.68. The number of benzene rings is 2. The monoisotopic (exact) mass is 240 g/mol. The Kier molecular flexibility index (Phi) is 4.10. The molecule has 0 spiro atoms. The Morgan fingerprint density at radius 3 is 2.17 bits per heavy atom. The van der Waals surface area contributed by atoms with Gasteiger partial charge in [-0.15, -0.1) is 0 Å². The number of hydrogen-bond donors (Lipinski definition) is 2. The molecule has 0 aliphatic carbocycles. The number of carbonyl (C=O) groups is 1. The summed E-state index contributed by atoms with van der Waals surface area (Å²) in [5.74, 6) is -0.162. The van der Waals surface area contributed by atoms with Gasteiger partial charge in [0.25, 0.3) is 0 Å². The average molecular weight is 240 g/mol. The molecule has 0 fully saturated rings. The summed E-state index contributed by atoms with van der Waals surface area (Å²) in [6.45, 7) is 0. The molecule has 0 aliphatic rings. The van der Waals surface area contributed by atoms with E-state index in [1.165, 1.54) is 0 Å². The molecule has 18 heavy (non-hydrogen) atoms. The van der Waals surface area contributed by atoms with Crippen LogP contribution in [0.1, 0.15) is 5.56 Å². The summed E-state index contributed by atoms with van der Waals surface area (Å²) in [5, 5.41) is 2.80. The molecule has 3 N–H and O–H groups in total. The van der Waals surface area contributed by atoms with Gasteiger partial charge < -0.3 is 11.1 Å². The second kappa shape index (κ2) is 5.98. The van der Waals surface area contributed by atoms with Crippen LogP contribution in [0.25, 0.3) is 0 Å². The Labute approximate surface area is 107 Å². The van der Waals surface area contributed by atoms with Gasteiger partial charge in [-0.2, -0.15) is 0 Å². The first-order valence-electron chi connectivity index (χ1n) is 5.91. The summed E-state index contributed by atoms with van der Waals surface area (Å²) in [6.07, 6.45) is 0.541. The van der Waals surface area contributed by atoms with Crippen molar-refractivity contribution in [2.75, 3.05) is 5.32 Å². The van der Waals surface area contributed by atoms with Crippen molar-refractivity contribution in [1.82, 2.24) is 0 Å². The Hall–Kier alpha value is -2.13. The molecule has 0 saturated carbocycles. The van der Waals surface area contributed by atoms with Gasteiger partial charge in [0.05, 0.1) is 6.04 Å². The SMILES string of the molecule is NC(Cc1ccccc1)C(=O)Nc1ccccc1. The molecule has 0 bridgehead atoms. The van der Waals surface area contributed by atoms with E-state index in [0.717, 1.165) is 11.3 Å². The van der Waals surface area contributed by atoms with Crippen LogP contribution in [0.3, 0.4) is 0 Å². The van der Waals surface area contributed by atoms with Gasteiger partial charge in [-0.3, -0.25) is 4.79 Å². The molecule has 0 aliphatic heterocycles. The van der Waals surface area contributed by atoms with Crippen LogP contribution in [-0.2, 0) is 11.2 Å². The maximum atomic E-state index is 11.9. The van der Waals surface area contributed by atoms with E-state index >= 15 is 0 Å². The van der Waals surface area contributed by atoms with Crippen molar-refractivity contribution in [3.63, 3.8) is 0 Å². The van der Waals surface area contributed by atoms with Crippen LogP contribution < -0.4 is 11.1 Å². The third kappa shape index (κ3) is 3.43. The predicted octanol–water partition coefficient (Wildman–Crippen LogP) is 2.20. The lowest BCUT2D eigenvalue weighted by molar-refractivity contribution is -0.117. The summed E-state index contributed by atoms with van der Waals surface area (Å²) in [6, 6.07) is 18.6. The Balaban J connectivity index is 1.93. The van der Waals surface area contributed by atoms with E-state index in [9.17, 15) is 4.79 Å². The highest BCUT2D eigenvalue weighted by Crippen LogP contribution is 2.07. The quantitative estimate of drug-likeness (QED) is 0.860. The van der Waals surface area contributed by atoms with Crippen molar-refractivity contribution in [3.8, 4) is 0 Å². The number of nitrogens with one attached hydrogen (secondary N) is 1. The molecule has 0 saturated heterocycles. The fraction of sp³-hybridized carbons (Fsp3) is 0.133. The van der Waals surface area contributed by atoms with E-state index in [1.807, 2.05) is 60.7 Å². The molecule has 0 heterocycles. The average Bonchev–Trinajstić information content (AvgIpc) is 2.41. The van der Waals surface area contributed by atoms with Gasteiger partial charge in [-0.05, 0) is 24.1 Å². The first-order chi connectivity index (χ1) is 8.75. The fourth-order valence-corrected chi connectivity index (χ4v) is 1.72. The Morgan fingerprint density at radius 1 is 1.00 bits per heavy atom. The molecular weight excluding hydrogens is 224 g/mol. The van der Waals surface area contributed by atoms with Crippen LogP contribution in [0, 0.1) is 0 Å². The van der Waals surface area contributed by atoms with Crippen molar-refractivity contribution in [2.24, 2.45) is 5.73 Å². The number of rotatable bonds is 4. The van der Waals surface area contributed by atoms with E-state index < -0.39 is 6.04 Å². The summed E-state index contributed by atoms with van der Waals surface area (Å²) in [4.78, 5) is 11.9. The molecule has 2 aromatic carbocycles. The van der Waals surface area contributed by atoms with Crippen molar-refractivity contribution in [3.05, 3.63) is 66.2 Å². The molecule has 1 atom stereocenters. The fourth-order valence-electron chi connectivity index (χ4n) is 1.72. The molecular formula is C15H16N2O. The van der Waals surface area contributed by atoms with Crippen LogP contribution in [0.4, 0.5) is 5.69 Å². The van der Waals surface area contributed by atoms with Crippen molar-refractivity contribution in [1.29, 1.82) is 0 Å². The summed E-state index contributed by atoms with van der Waals surface area (Å²) in [5.41, 5.74) is 7.72. The molecule has 0 radical (unpaired) electrons. The molecule has 3 heteroatoms. The topological polar surface area (TPSA) is 55.1 Å². The minimum absolute atomic E-state index is 0.162. The largest absolute Gasteiger partial charge is 0.325 e. The number of anilines is 1. The van der Waals surface area contributed by atoms with Crippen LogP contribution in [0.15, 0.2) is 60.7 Å². The van der Waals surface area contributed by atoms with Gasteiger partial charge in [-0.1, -0.05) is 48.5 Å². The Morgan fingerprint density at radius 2 is 1.56 bits per heavy atom. The highest BCUT2D eigenvalue weighted by molar-refractivity contribution is 5.94. The van der Waals surface area contributed by atoms with Crippen LogP contribution >= 0.6 is 0 Å². The van der Waals surface area contributed by atoms with Crippen molar-refractivity contribution < 1.29 is 4.79 Å². The number of para-hydroxylation sites is 1. The van der Waals surface area contributed by atoms with E-state index in [4.69, 9.17) is 5.73 Å². The molecule has 2 aromatic rings. The van der Waals surface area contributed by atoms with Crippen LogP contribution in [0.2, 0.25) is 0 Å². The Bertz CT molecular complexity index is 496. The second-order valence-electron chi connectivity index (χ2n) is 4.15. The first kappa shape index (κ1) is 12.3. The zero-order valence-electron chi connectivity index (χ0n) is 10.0. The van der Waals surface area contributed by atoms with E-state index in [0.29, 0.717) is 6.42 Å². The number of nitrogens with two attached hydrogens (primary N) is 1. The number of hydrogen-bond acceptors (Lipinski definition) is 2. The zero-order valence-corrected chi connectivity index (χ0v) is 10.0. The standard InChI is InChI=1S/C15H16N2O/c16-14(11-12-7-3-1-4-8-12)15(18)17-13-9-5-2-6-10-13/h1-10,14H,11,16H2,(H,17,18). The molecule has 0 aromatic heterocycles. The molecule has 2 rings (SSSR count). The normalized spacial score (nSPS) is 11.8. The van der Waals surface area contributed by atoms with Crippen molar-refractivity contribution in [2.45, 2.75) is 12.5 Å². The van der Waals surface area contributed by atoms with Gasteiger partial charge in [-0.25, -0.2) is 0 Å². The maximum absolute atomic E-state index is 11.9. The lowest BCUT2D eigenvalue weighted by Crippen LogP contribution is -2.37. The van der Waals surface area contributed by atoms with Gasteiger partial charge in [0.2, 0.25) is 5.91 Å². The number of amides is 1. The van der Waals surface area contributed by atoms with Crippen LogP contribution in [0.5, 0.6) is 0 Å². The van der Waals surface area contributed by atoms with Crippen molar-refractivity contribution >= 4 is 11.6 Å². The number of carbonyl (C=O) groups excluding carboxylic acids is 1. The zero-order chi connectivity index (χ0) is 12.8. The minimum Gasteiger partial charge on any atom is -0.325 e. The van der Waals surface area contributed by atoms with E-state index in [-0.39, 0.29) is 5.91 Å². The van der Waals surface area contributed by atoms with Crippen LogP contribution in [-0.4, -0.2) is 11.9 Å². The molecule has 3 nitrogen and oxygen atoms in total. The lowest BCUT2D eigenvalue weighted by Gasteiger charge is -2.12. The smallest absolute Gasteiger partial charge is 0.241 e. The van der Waals surface area contributed by atoms with E-state index in [1.54, 1.807) is 0 Å². The molecule has 1 unspecified atom stereocenters. The third-order valence-corrected chi connectivity index (χ3v) is 2.68. The summed E-state index contributed by atoms with van der Waals surface area (Å²) in [7, 11) is 0. The van der Waals surface area contributed by atoms with Gasteiger partial charge >= 0.3 is 0 Å². The highest BCUT2D eigenvalue weighted by Gasteiger charge is 2.13. The highest BCUT2D eigenvalue weighted by atomic mass is 16.2. The second-order valence-corrected chi connectivity index (χ2v) is 4.15. The molecule has 92 valence electrons. The minimum atomic E-state index is -0.535. The summed E-state index contributed by atoms with van der Waals surface area (Å²) >= 11 is 0.